The van der Waals surface area contributed by atoms with Gasteiger partial charge in [-0.1, -0.05) is 0 Å². The summed E-state index contributed by atoms with van der Waals surface area (Å²) in [5.74, 6) is -0.318. The Morgan fingerprint density at radius 1 is 1.44 bits per heavy atom. The number of carbonyl (C=O) groups excluding carboxylic acids is 1. The van der Waals surface area contributed by atoms with Crippen LogP contribution >= 0.6 is 0 Å². The summed E-state index contributed by atoms with van der Waals surface area (Å²) in [5, 5.41) is 11.0. The van der Waals surface area contributed by atoms with Crippen molar-refractivity contribution < 1.29 is 9.18 Å². The van der Waals surface area contributed by atoms with E-state index in [1.54, 1.807) is 18.3 Å². The molecule has 2 heterocycles. The van der Waals surface area contributed by atoms with E-state index in [-0.39, 0.29) is 17.6 Å². The molecule has 0 bridgehead atoms. The highest BCUT2D eigenvalue weighted by Crippen LogP contribution is 2.30. The fourth-order valence-electron chi connectivity index (χ4n) is 3.84. The SMILES string of the molecule is Cc1[nH]c2ccc(F)cc2c1CCNC(=O)C1CCCc2[nH]ncc21. The Morgan fingerprint density at radius 3 is 3.20 bits per heavy atom. The number of hydrogen-bond donors (Lipinski definition) is 3. The average Bonchev–Trinajstić information content (AvgIpc) is 3.19. The lowest BCUT2D eigenvalue weighted by Gasteiger charge is -2.21. The summed E-state index contributed by atoms with van der Waals surface area (Å²) in [5.41, 5.74) is 5.10. The zero-order valence-electron chi connectivity index (χ0n) is 14.2. The van der Waals surface area contributed by atoms with Crippen LogP contribution in [0.15, 0.2) is 24.4 Å². The van der Waals surface area contributed by atoms with Crippen LogP contribution in [0.5, 0.6) is 0 Å². The summed E-state index contributed by atoms with van der Waals surface area (Å²) in [6.45, 7) is 2.51. The monoisotopic (exact) mass is 340 g/mol. The molecule has 0 aliphatic heterocycles. The standard InChI is InChI=1S/C19H21FN4O/c1-11-13(15-9-12(20)5-6-17(15)23-11)7-8-21-19(25)14-3-2-4-18-16(14)10-22-24-18/h5-6,9-10,14,23H,2-4,7-8H2,1H3,(H,21,25)(H,22,24). The lowest BCUT2D eigenvalue weighted by atomic mass is 9.86. The first-order valence-corrected chi connectivity index (χ1v) is 8.70. The van der Waals surface area contributed by atoms with Gasteiger partial charge < -0.3 is 10.3 Å². The predicted octanol–water partition coefficient (Wildman–Crippen LogP) is 3.12. The maximum absolute atomic E-state index is 13.5. The Bertz CT molecular complexity index is 927. The van der Waals surface area contributed by atoms with Crippen LogP contribution in [0.25, 0.3) is 10.9 Å². The molecular formula is C19H21FN4O. The Kier molecular flexibility index (Phi) is 4.03. The van der Waals surface area contributed by atoms with Crippen LogP contribution in [-0.2, 0) is 17.6 Å². The summed E-state index contributed by atoms with van der Waals surface area (Å²) in [6, 6.07) is 4.76. The number of fused-ring (bicyclic) bond motifs is 2. The van der Waals surface area contributed by atoms with Crippen LogP contribution < -0.4 is 5.32 Å². The molecule has 3 N–H and O–H groups in total. The fraction of sp³-hybridized carbons (Fsp3) is 0.368. The van der Waals surface area contributed by atoms with Crippen molar-refractivity contribution in [3.8, 4) is 0 Å². The number of benzene rings is 1. The van der Waals surface area contributed by atoms with Crippen molar-refractivity contribution in [1.82, 2.24) is 20.5 Å². The molecule has 1 amide bonds. The van der Waals surface area contributed by atoms with Gasteiger partial charge in [0.1, 0.15) is 5.82 Å². The topological polar surface area (TPSA) is 73.6 Å². The van der Waals surface area contributed by atoms with Crippen LogP contribution in [0, 0.1) is 12.7 Å². The molecule has 25 heavy (non-hydrogen) atoms. The zero-order valence-corrected chi connectivity index (χ0v) is 14.2. The Labute approximate surface area is 145 Å². The molecule has 6 heteroatoms. The lowest BCUT2D eigenvalue weighted by molar-refractivity contribution is -0.122. The molecule has 0 saturated heterocycles. The van der Waals surface area contributed by atoms with Gasteiger partial charge in [-0.3, -0.25) is 9.89 Å². The second-order valence-corrected chi connectivity index (χ2v) is 6.71. The Hall–Kier alpha value is -2.63. The summed E-state index contributed by atoms with van der Waals surface area (Å²) >= 11 is 0. The zero-order chi connectivity index (χ0) is 17.4. The maximum atomic E-state index is 13.5. The normalized spacial score (nSPS) is 16.8. The third-order valence-corrected chi connectivity index (χ3v) is 5.12. The number of nitrogens with one attached hydrogen (secondary N) is 3. The van der Waals surface area contributed by atoms with E-state index in [4.69, 9.17) is 0 Å². The number of nitrogens with zero attached hydrogens (tertiary/aromatic N) is 1. The molecule has 130 valence electrons. The molecule has 0 radical (unpaired) electrons. The highest BCUT2D eigenvalue weighted by Gasteiger charge is 2.27. The van der Waals surface area contributed by atoms with Gasteiger partial charge in [0.15, 0.2) is 0 Å². The van der Waals surface area contributed by atoms with Gasteiger partial charge in [-0.25, -0.2) is 4.39 Å². The number of aromatic amines is 2. The van der Waals surface area contributed by atoms with Gasteiger partial charge in [0, 0.05) is 34.4 Å². The number of carbonyl (C=O) groups is 1. The number of aromatic nitrogens is 3. The van der Waals surface area contributed by atoms with Gasteiger partial charge in [0.2, 0.25) is 5.91 Å². The number of aryl methyl sites for hydroxylation is 2. The number of H-pyrrole nitrogens is 2. The van der Waals surface area contributed by atoms with E-state index in [0.29, 0.717) is 13.0 Å². The summed E-state index contributed by atoms with van der Waals surface area (Å²) in [4.78, 5) is 15.8. The molecule has 1 aromatic carbocycles. The van der Waals surface area contributed by atoms with Crippen molar-refractivity contribution >= 4 is 16.8 Å². The second-order valence-electron chi connectivity index (χ2n) is 6.71. The molecule has 5 nitrogen and oxygen atoms in total. The van der Waals surface area contributed by atoms with Crippen LogP contribution in [0.1, 0.15) is 41.3 Å². The van der Waals surface area contributed by atoms with E-state index < -0.39 is 0 Å². The van der Waals surface area contributed by atoms with Crippen molar-refractivity contribution in [2.45, 2.75) is 38.5 Å². The van der Waals surface area contributed by atoms with Crippen molar-refractivity contribution in [3.63, 3.8) is 0 Å². The highest BCUT2D eigenvalue weighted by atomic mass is 19.1. The summed E-state index contributed by atoms with van der Waals surface area (Å²) in [6.07, 6.45) is 5.25. The molecule has 0 spiro atoms. The fourth-order valence-corrected chi connectivity index (χ4v) is 3.84. The van der Waals surface area contributed by atoms with E-state index in [1.807, 2.05) is 6.92 Å². The molecule has 3 aromatic rings. The minimum absolute atomic E-state index is 0.0472. The van der Waals surface area contributed by atoms with Crippen molar-refractivity contribution in [3.05, 3.63) is 52.7 Å². The Balaban J connectivity index is 1.44. The minimum Gasteiger partial charge on any atom is -0.358 e. The van der Waals surface area contributed by atoms with E-state index in [1.165, 1.54) is 6.07 Å². The molecule has 2 aromatic heterocycles. The van der Waals surface area contributed by atoms with Gasteiger partial charge in [0.05, 0.1) is 12.1 Å². The smallest absolute Gasteiger partial charge is 0.227 e. The van der Waals surface area contributed by atoms with Crippen LogP contribution in [0.3, 0.4) is 0 Å². The molecule has 1 aliphatic rings. The molecule has 0 fully saturated rings. The van der Waals surface area contributed by atoms with Gasteiger partial charge >= 0.3 is 0 Å². The van der Waals surface area contributed by atoms with E-state index in [9.17, 15) is 9.18 Å². The molecule has 0 saturated carbocycles. The van der Waals surface area contributed by atoms with Crippen LogP contribution in [0.4, 0.5) is 4.39 Å². The van der Waals surface area contributed by atoms with Crippen LogP contribution in [-0.4, -0.2) is 27.6 Å². The molecule has 1 atom stereocenters. The van der Waals surface area contributed by atoms with Crippen molar-refractivity contribution in [2.24, 2.45) is 0 Å². The third-order valence-electron chi connectivity index (χ3n) is 5.12. The predicted molar refractivity (Wildman–Crippen MR) is 94.0 cm³/mol. The molecule has 1 aliphatic carbocycles. The van der Waals surface area contributed by atoms with E-state index in [2.05, 4.69) is 20.5 Å². The Morgan fingerprint density at radius 2 is 2.32 bits per heavy atom. The largest absolute Gasteiger partial charge is 0.358 e. The van der Waals surface area contributed by atoms with Gasteiger partial charge in [-0.2, -0.15) is 5.10 Å². The van der Waals surface area contributed by atoms with Gasteiger partial charge in [-0.05, 0) is 56.4 Å². The highest BCUT2D eigenvalue weighted by molar-refractivity contribution is 5.85. The maximum Gasteiger partial charge on any atom is 0.227 e. The molecule has 4 rings (SSSR count). The lowest BCUT2D eigenvalue weighted by Crippen LogP contribution is -2.32. The second kappa shape index (κ2) is 6.35. The quantitative estimate of drug-likeness (QED) is 0.683. The van der Waals surface area contributed by atoms with Gasteiger partial charge in [0.25, 0.3) is 0 Å². The van der Waals surface area contributed by atoms with Crippen molar-refractivity contribution in [2.75, 3.05) is 6.54 Å². The summed E-state index contributed by atoms with van der Waals surface area (Å²) in [7, 11) is 0. The first-order chi connectivity index (χ1) is 12.1. The average molecular weight is 340 g/mol. The van der Waals surface area contributed by atoms with Crippen LogP contribution in [0.2, 0.25) is 0 Å². The third kappa shape index (κ3) is 2.92. The minimum atomic E-state index is -0.244. The first-order valence-electron chi connectivity index (χ1n) is 8.70. The van der Waals surface area contributed by atoms with Gasteiger partial charge in [-0.15, -0.1) is 0 Å². The molecular weight excluding hydrogens is 319 g/mol. The number of rotatable bonds is 4. The number of hydrogen-bond acceptors (Lipinski definition) is 2. The van der Waals surface area contributed by atoms with E-state index >= 15 is 0 Å². The first kappa shape index (κ1) is 15.9. The number of halogens is 1. The molecule has 1 unspecified atom stereocenters. The number of amides is 1. The van der Waals surface area contributed by atoms with E-state index in [0.717, 1.165) is 52.7 Å². The summed E-state index contributed by atoms with van der Waals surface area (Å²) < 4.78 is 13.5. The van der Waals surface area contributed by atoms with Crippen molar-refractivity contribution in [1.29, 1.82) is 0 Å².